The lowest BCUT2D eigenvalue weighted by Crippen LogP contribution is -2.10. The average Bonchev–Trinajstić information content (AvgIpc) is 2.41. The van der Waals surface area contributed by atoms with Crippen LogP contribution < -0.4 is 10.5 Å². The number of nitrogens with two attached hydrogens (primary N) is 1. The van der Waals surface area contributed by atoms with Gasteiger partial charge in [-0.1, -0.05) is 49.8 Å². The first-order valence-corrected chi connectivity index (χ1v) is 7.13. The summed E-state index contributed by atoms with van der Waals surface area (Å²) in [6.07, 6.45) is 0. The average molecular weight is 306 g/mol. The van der Waals surface area contributed by atoms with Crippen LogP contribution >= 0.6 is 23.8 Å². The molecule has 0 fully saturated rings. The van der Waals surface area contributed by atoms with Crippen molar-refractivity contribution in [2.45, 2.75) is 19.8 Å². The maximum Gasteiger partial charge on any atom is 0.137 e. The third kappa shape index (κ3) is 3.50. The number of hydrogen-bond donors (Lipinski definition) is 1. The van der Waals surface area contributed by atoms with E-state index in [0.717, 1.165) is 5.75 Å². The van der Waals surface area contributed by atoms with Gasteiger partial charge in [0.2, 0.25) is 0 Å². The largest absolute Gasteiger partial charge is 0.457 e. The Hall–Kier alpha value is -1.58. The smallest absolute Gasteiger partial charge is 0.137 e. The van der Waals surface area contributed by atoms with E-state index in [2.05, 4.69) is 19.9 Å². The lowest BCUT2D eigenvalue weighted by atomic mass is 10.0. The van der Waals surface area contributed by atoms with Crippen molar-refractivity contribution in [1.29, 1.82) is 0 Å². The summed E-state index contributed by atoms with van der Waals surface area (Å²) in [7, 11) is 0. The number of halogens is 1. The second kappa shape index (κ2) is 6.25. The van der Waals surface area contributed by atoms with Crippen molar-refractivity contribution in [3.05, 3.63) is 58.6 Å². The van der Waals surface area contributed by atoms with Gasteiger partial charge in [-0.3, -0.25) is 0 Å². The molecule has 104 valence electrons. The SMILES string of the molecule is CC(C)c1cccc(Oc2ccc(Cl)cc2C(N)=S)c1. The third-order valence-corrected chi connectivity index (χ3v) is 3.41. The fourth-order valence-electron chi connectivity index (χ4n) is 1.85. The quantitative estimate of drug-likeness (QED) is 0.817. The molecule has 0 atom stereocenters. The second-order valence-electron chi connectivity index (χ2n) is 4.83. The van der Waals surface area contributed by atoms with Crippen LogP contribution in [0, 0.1) is 0 Å². The molecule has 0 aliphatic rings. The lowest BCUT2D eigenvalue weighted by molar-refractivity contribution is 0.480. The molecular weight excluding hydrogens is 290 g/mol. The summed E-state index contributed by atoms with van der Waals surface area (Å²) in [4.78, 5) is 0.266. The molecule has 0 saturated carbocycles. The Bertz CT molecular complexity index is 640. The van der Waals surface area contributed by atoms with Crippen molar-refractivity contribution >= 4 is 28.8 Å². The van der Waals surface area contributed by atoms with E-state index in [1.165, 1.54) is 5.56 Å². The van der Waals surface area contributed by atoms with Gasteiger partial charge in [0.05, 0.1) is 5.56 Å². The molecule has 0 spiro atoms. The summed E-state index contributed by atoms with van der Waals surface area (Å²) in [5, 5.41) is 0.580. The molecule has 20 heavy (non-hydrogen) atoms. The molecule has 0 unspecified atom stereocenters. The third-order valence-electron chi connectivity index (χ3n) is 2.96. The van der Waals surface area contributed by atoms with Gasteiger partial charge >= 0.3 is 0 Å². The molecule has 2 N–H and O–H groups in total. The Labute approximate surface area is 129 Å². The van der Waals surface area contributed by atoms with Gasteiger partial charge < -0.3 is 10.5 Å². The summed E-state index contributed by atoms with van der Waals surface area (Å²) < 4.78 is 5.89. The van der Waals surface area contributed by atoms with E-state index in [4.69, 9.17) is 34.3 Å². The Morgan fingerprint density at radius 2 is 1.95 bits per heavy atom. The highest BCUT2D eigenvalue weighted by Gasteiger charge is 2.09. The van der Waals surface area contributed by atoms with Crippen LogP contribution in [0.1, 0.15) is 30.9 Å². The van der Waals surface area contributed by atoms with Crippen LogP contribution in [0.2, 0.25) is 5.02 Å². The lowest BCUT2D eigenvalue weighted by Gasteiger charge is -2.12. The molecule has 2 rings (SSSR count). The first-order chi connectivity index (χ1) is 9.47. The predicted octanol–water partition coefficient (Wildman–Crippen LogP) is 4.89. The summed E-state index contributed by atoms with van der Waals surface area (Å²) >= 11 is 11.0. The zero-order chi connectivity index (χ0) is 14.7. The zero-order valence-electron chi connectivity index (χ0n) is 11.4. The van der Waals surface area contributed by atoms with Crippen LogP contribution in [0.25, 0.3) is 0 Å². The fraction of sp³-hybridized carbons (Fsp3) is 0.188. The molecule has 0 aliphatic carbocycles. The highest BCUT2D eigenvalue weighted by Crippen LogP contribution is 2.29. The number of benzene rings is 2. The number of thiocarbonyl (C=S) groups is 1. The Morgan fingerprint density at radius 3 is 2.60 bits per heavy atom. The molecular formula is C16H16ClNOS. The van der Waals surface area contributed by atoms with E-state index in [1.807, 2.05) is 18.2 Å². The summed E-state index contributed by atoms with van der Waals surface area (Å²) in [5.74, 6) is 1.82. The summed E-state index contributed by atoms with van der Waals surface area (Å²) in [6, 6.07) is 13.2. The van der Waals surface area contributed by atoms with E-state index in [9.17, 15) is 0 Å². The van der Waals surface area contributed by atoms with Crippen LogP contribution in [0.15, 0.2) is 42.5 Å². The van der Waals surface area contributed by atoms with Gasteiger partial charge in [-0.05, 0) is 41.8 Å². The van der Waals surface area contributed by atoms with Gasteiger partial charge in [0.25, 0.3) is 0 Å². The van der Waals surface area contributed by atoms with Crippen molar-refractivity contribution in [3.8, 4) is 11.5 Å². The topological polar surface area (TPSA) is 35.2 Å². The van der Waals surface area contributed by atoms with Crippen LogP contribution in [-0.4, -0.2) is 4.99 Å². The number of hydrogen-bond acceptors (Lipinski definition) is 2. The van der Waals surface area contributed by atoms with E-state index >= 15 is 0 Å². The van der Waals surface area contributed by atoms with Gasteiger partial charge in [0.1, 0.15) is 16.5 Å². The standard InChI is InChI=1S/C16H16ClNOS/c1-10(2)11-4-3-5-13(8-11)19-15-7-6-12(17)9-14(15)16(18)20/h3-10H,1-2H3,(H2,18,20). The minimum atomic E-state index is 0.266. The van der Waals surface area contributed by atoms with Crippen molar-refractivity contribution in [1.82, 2.24) is 0 Å². The molecule has 0 radical (unpaired) electrons. The molecule has 4 heteroatoms. The zero-order valence-corrected chi connectivity index (χ0v) is 13.0. The summed E-state index contributed by atoms with van der Waals surface area (Å²) in [6.45, 7) is 4.28. The van der Waals surface area contributed by atoms with E-state index in [1.54, 1.807) is 18.2 Å². The Kier molecular flexibility index (Phi) is 4.63. The van der Waals surface area contributed by atoms with Gasteiger partial charge in [0, 0.05) is 5.02 Å². The highest BCUT2D eigenvalue weighted by atomic mass is 35.5. The molecule has 0 bridgehead atoms. The van der Waals surface area contributed by atoms with Gasteiger partial charge in [-0.2, -0.15) is 0 Å². The summed E-state index contributed by atoms with van der Waals surface area (Å²) in [5.41, 5.74) is 7.57. The molecule has 0 amide bonds. The Balaban J connectivity index is 2.35. The molecule has 0 aromatic heterocycles. The monoisotopic (exact) mass is 305 g/mol. The number of ether oxygens (including phenoxy) is 1. The fourth-order valence-corrected chi connectivity index (χ4v) is 2.18. The maximum absolute atomic E-state index is 5.96. The van der Waals surface area contributed by atoms with Crippen molar-refractivity contribution in [2.75, 3.05) is 0 Å². The van der Waals surface area contributed by atoms with Crippen molar-refractivity contribution in [3.63, 3.8) is 0 Å². The van der Waals surface area contributed by atoms with E-state index in [0.29, 0.717) is 22.3 Å². The van der Waals surface area contributed by atoms with Crippen LogP contribution in [-0.2, 0) is 0 Å². The van der Waals surface area contributed by atoms with E-state index in [-0.39, 0.29) is 4.99 Å². The van der Waals surface area contributed by atoms with Gasteiger partial charge in [-0.25, -0.2) is 0 Å². The Morgan fingerprint density at radius 1 is 1.20 bits per heavy atom. The van der Waals surface area contributed by atoms with Crippen LogP contribution in [0.4, 0.5) is 0 Å². The first kappa shape index (κ1) is 14.8. The second-order valence-corrected chi connectivity index (χ2v) is 5.71. The minimum absolute atomic E-state index is 0.266. The molecule has 2 aromatic rings. The molecule has 0 heterocycles. The highest BCUT2D eigenvalue weighted by molar-refractivity contribution is 7.80. The van der Waals surface area contributed by atoms with Crippen molar-refractivity contribution in [2.24, 2.45) is 5.73 Å². The van der Waals surface area contributed by atoms with Gasteiger partial charge in [-0.15, -0.1) is 0 Å². The van der Waals surface area contributed by atoms with E-state index < -0.39 is 0 Å². The van der Waals surface area contributed by atoms with Gasteiger partial charge in [0.15, 0.2) is 0 Å². The predicted molar refractivity (Wildman–Crippen MR) is 87.9 cm³/mol. The maximum atomic E-state index is 5.96. The molecule has 2 nitrogen and oxygen atoms in total. The first-order valence-electron chi connectivity index (χ1n) is 6.34. The molecule has 2 aromatic carbocycles. The van der Waals surface area contributed by atoms with Crippen LogP contribution in [0.3, 0.4) is 0 Å². The minimum Gasteiger partial charge on any atom is -0.457 e. The van der Waals surface area contributed by atoms with Crippen LogP contribution in [0.5, 0.6) is 11.5 Å². The molecule has 0 aliphatic heterocycles. The number of rotatable bonds is 4. The van der Waals surface area contributed by atoms with Crippen molar-refractivity contribution < 1.29 is 4.74 Å². The molecule has 0 saturated heterocycles. The normalized spacial score (nSPS) is 10.6.